The van der Waals surface area contributed by atoms with Crippen LogP contribution in [-0.2, 0) is 17.1 Å². The zero-order valence-electron chi connectivity index (χ0n) is 1.33. The summed E-state index contributed by atoms with van der Waals surface area (Å²) in [5, 5.41) is 0. The molecule has 1 radical (unpaired) electrons. The molecular formula is H3AsCuGaIn. The zero-order valence-corrected chi connectivity index (χ0v) is 6.57. The van der Waals surface area contributed by atoms with Gasteiger partial charge in [0.1, 0.15) is 0 Å². The first-order chi connectivity index (χ1) is 0. The number of hydrogen-bond donors (Lipinski definition) is 0. The van der Waals surface area contributed by atoms with Crippen molar-refractivity contribution in [3.05, 3.63) is 0 Å². The molecule has 25 valence electrons. The Morgan fingerprint density at radius 2 is 1.00 bits per heavy atom. The molecule has 4 heavy (non-hydrogen) atoms. The van der Waals surface area contributed by atoms with Crippen LogP contribution in [0.1, 0.15) is 0 Å². The van der Waals surface area contributed by atoms with Gasteiger partial charge in [-0.3, -0.25) is 0 Å². The maximum absolute atomic E-state index is 0. The average Bonchev–Trinajstić information content (AvgIpc) is 0. The molecule has 0 aliphatic heterocycles. The molecule has 0 atom stereocenters. The van der Waals surface area contributed by atoms with E-state index < -0.39 is 0 Å². The van der Waals surface area contributed by atoms with Crippen molar-refractivity contribution in [2.24, 2.45) is 0 Å². The Kier molecular flexibility index (Phi) is 135. The minimum absolute atomic E-state index is 0. The molecule has 0 aromatic rings. The van der Waals surface area contributed by atoms with E-state index in [1.54, 1.807) is 0 Å². The molecule has 0 aromatic heterocycles. The third kappa shape index (κ3) is 8.82. The van der Waals surface area contributed by atoms with Gasteiger partial charge in [0, 0.05) is 17.1 Å². The van der Waals surface area contributed by atoms with E-state index in [4.69, 9.17) is 0 Å². The molecule has 0 saturated carbocycles. The van der Waals surface area contributed by atoms with Gasteiger partial charge in [-0.25, -0.2) is 0 Å². The molecule has 0 N–H and O–H groups in total. The van der Waals surface area contributed by atoms with Gasteiger partial charge in [0.25, 0.3) is 0 Å². The second-order valence-electron chi connectivity index (χ2n) is 0. The first-order valence-electron chi connectivity index (χ1n) is 0. The fraction of sp³-hybridized carbons (Fsp3) is 0. The second-order valence-corrected chi connectivity index (χ2v) is 0. The summed E-state index contributed by atoms with van der Waals surface area (Å²) in [6.07, 6.45) is 0. The third-order valence-electron chi connectivity index (χ3n) is 0. The molecule has 4 heteroatoms. The van der Waals surface area contributed by atoms with Crippen LogP contribution in [0.2, 0.25) is 0 Å². The van der Waals surface area contributed by atoms with Crippen LogP contribution in [0.25, 0.3) is 0 Å². The van der Waals surface area contributed by atoms with Gasteiger partial charge < -0.3 is 18.0 Å². The Balaban J connectivity index is 0. The molecule has 0 nitrogen and oxygen atoms in total. The Morgan fingerprint density at radius 3 is 1.00 bits per heavy atom. The summed E-state index contributed by atoms with van der Waals surface area (Å²) >= 11 is 0. The summed E-state index contributed by atoms with van der Waals surface area (Å²) in [5.74, 6) is 0. The fourth-order valence-corrected chi connectivity index (χ4v) is 0. The van der Waals surface area contributed by atoms with E-state index in [1.807, 2.05) is 0 Å². The van der Waals surface area contributed by atoms with Gasteiger partial charge in [-0.15, -0.1) is 0 Å². The van der Waals surface area contributed by atoms with Crippen molar-refractivity contribution >= 4 is 63.6 Å². The molecule has 0 aliphatic rings. The summed E-state index contributed by atoms with van der Waals surface area (Å²) in [7, 11) is 0. The fourth-order valence-electron chi connectivity index (χ4n) is 0. The molecule has 0 bridgehead atoms. The summed E-state index contributed by atoms with van der Waals surface area (Å²) in [5.41, 5.74) is 0. The normalized spacial score (nSPS) is 0. The van der Waals surface area contributed by atoms with Crippen LogP contribution in [0.3, 0.4) is 0 Å². The van der Waals surface area contributed by atoms with E-state index in [0.29, 0.717) is 0 Å². The molecule has 0 amide bonds. The van der Waals surface area contributed by atoms with Crippen molar-refractivity contribution in [3.63, 3.8) is 0 Å². The van der Waals surface area contributed by atoms with Crippen LogP contribution in [0, 0.1) is 0 Å². The summed E-state index contributed by atoms with van der Waals surface area (Å²) in [4.78, 5) is 0. The van der Waals surface area contributed by atoms with Gasteiger partial charge in [0.15, 0.2) is 0 Å². The first kappa shape index (κ1) is 30.7. The second kappa shape index (κ2) is 17.6. The molecule has 0 rings (SSSR count). The SMILES string of the molecule is [As-3].[Cu].[Ga+3].[InH3]. The van der Waals surface area contributed by atoms with Crippen LogP contribution >= 0.6 is 0 Å². The van der Waals surface area contributed by atoms with Crippen molar-refractivity contribution in [1.82, 2.24) is 0 Å². The minimum atomic E-state index is 0. The van der Waals surface area contributed by atoms with E-state index >= 15 is 0 Å². The zero-order chi connectivity index (χ0) is 0. The molecule has 0 aromatic carbocycles. The van der Waals surface area contributed by atoms with Crippen LogP contribution < -0.4 is 0 Å². The van der Waals surface area contributed by atoms with Gasteiger partial charge in [-0.05, 0) is 0 Å². The Hall–Kier alpha value is 2.58. The molecular weight excluding hydrogens is 323 g/mol. The Morgan fingerprint density at radius 1 is 1.00 bits per heavy atom. The van der Waals surface area contributed by atoms with E-state index in [9.17, 15) is 0 Å². The van der Waals surface area contributed by atoms with Crippen molar-refractivity contribution < 1.29 is 17.1 Å². The Bertz CT molecular complexity index is 8.00. The summed E-state index contributed by atoms with van der Waals surface area (Å²) in [6, 6.07) is 0. The first-order valence-corrected chi connectivity index (χ1v) is 0. The van der Waals surface area contributed by atoms with Gasteiger partial charge in [-0.1, -0.05) is 0 Å². The molecule has 0 spiro atoms. The number of hydrogen-bond acceptors (Lipinski definition) is 0. The molecule has 0 fully saturated rings. The topological polar surface area (TPSA) is 0 Å². The molecule has 0 aliphatic carbocycles. The summed E-state index contributed by atoms with van der Waals surface area (Å²) in [6.45, 7) is 0. The van der Waals surface area contributed by atoms with Crippen LogP contribution in [0.15, 0.2) is 0 Å². The van der Waals surface area contributed by atoms with Gasteiger partial charge in [0.2, 0.25) is 0 Å². The van der Waals surface area contributed by atoms with Gasteiger partial charge in [-0.2, -0.15) is 0 Å². The van der Waals surface area contributed by atoms with Crippen LogP contribution in [0.5, 0.6) is 0 Å². The van der Waals surface area contributed by atoms with Gasteiger partial charge in [0.05, 0.1) is 0 Å². The third-order valence-corrected chi connectivity index (χ3v) is 0. The van der Waals surface area contributed by atoms with Crippen molar-refractivity contribution in [2.75, 3.05) is 0 Å². The van der Waals surface area contributed by atoms with E-state index in [2.05, 4.69) is 0 Å². The maximum atomic E-state index is 0. The molecule has 0 saturated heterocycles. The quantitative estimate of drug-likeness (QED) is 0.454. The van der Waals surface area contributed by atoms with Crippen molar-refractivity contribution in [2.45, 2.75) is 0 Å². The van der Waals surface area contributed by atoms with Crippen LogP contribution in [0.4, 0.5) is 0 Å². The van der Waals surface area contributed by atoms with Crippen LogP contribution in [-0.4, -0.2) is 63.6 Å². The van der Waals surface area contributed by atoms with E-state index in [1.165, 1.54) is 0 Å². The molecule has 0 heterocycles. The standard InChI is InChI=1S/As.Cu.Ga.In.3H/q-3;;+3;;;;. The van der Waals surface area contributed by atoms with E-state index in [0.717, 1.165) is 0 Å². The summed E-state index contributed by atoms with van der Waals surface area (Å²) < 4.78 is 0. The monoisotopic (exact) mass is 325 g/mol. The number of rotatable bonds is 0. The molecule has 0 unspecified atom stereocenters. The average molecular weight is 326 g/mol. The van der Waals surface area contributed by atoms with E-state index in [-0.39, 0.29) is 80.7 Å². The van der Waals surface area contributed by atoms with Gasteiger partial charge >= 0.3 is 45.6 Å². The predicted molar refractivity (Wildman–Crippen MR) is 21.4 cm³/mol. The van der Waals surface area contributed by atoms with Crippen molar-refractivity contribution in [1.29, 1.82) is 0 Å². The predicted octanol–water partition coefficient (Wildman–Crippen LogP) is -1.95. The van der Waals surface area contributed by atoms with Crippen molar-refractivity contribution in [3.8, 4) is 0 Å². The Labute approximate surface area is 79.5 Å².